The second kappa shape index (κ2) is 6.21. The maximum Gasteiger partial charge on any atom is 0.331 e. The fourth-order valence-electron chi connectivity index (χ4n) is 2.14. The van der Waals surface area contributed by atoms with Gasteiger partial charge < -0.3 is 5.11 Å². The molecule has 3 aromatic rings. The van der Waals surface area contributed by atoms with E-state index in [1.54, 1.807) is 0 Å². The van der Waals surface area contributed by atoms with Crippen LogP contribution in [0.25, 0.3) is 10.6 Å². The summed E-state index contributed by atoms with van der Waals surface area (Å²) in [6.07, 6.45) is 2.95. The first-order chi connectivity index (χ1) is 11.4. The number of hydrogen-bond donors (Lipinski definition) is 1. The Morgan fingerprint density at radius 2 is 2.12 bits per heavy atom. The molecule has 9 heteroatoms. The molecule has 0 fully saturated rings. The predicted octanol–water partition coefficient (Wildman–Crippen LogP) is 2.22. The van der Waals surface area contributed by atoms with Gasteiger partial charge >= 0.3 is 5.69 Å². The number of hydrogen-bond acceptors (Lipinski definition) is 5. The van der Waals surface area contributed by atoms with E-state index in [9.17, 15) is 19.1 Å². The second-order valence-electron chi connectivity index (χ2n) is 5.04. The van der Waals surface area contributed by atoms with Crippen molar-refractivity contribution < 1.29 is 9.50 Å². The lowest BCUT2D eigenvalue weighted by Crippen LogP contribution is -2.36. The van der Waals surface area contributed by atoms with Gasteiger partial charge in [-0.15, -0.1) is 11.3 Å². The van der Waals surface area contributed by atoms with Gasteiger partial charge in [-0.1, -0.05) is 11.6 Å². The van der Waals surface area contributed by atoms with E-state index in [0.717, 1.165) is 10.6 Å². The lowest BCUT2D eigenvalue weighted by molar-refractivity contribution is 0.469. The minimum atomic E-state index is -0.627. The van der Waals surface area contributed by atoms with Gasteiger partial charge in [0.1, 0.15) is 16.6 Å². The van der Waals surface area contributed by atoms with E-state index in [0.29, 0.717) is 9.88 Å². The Morgan fingerprint density at radius 1 is 1.38 bits per heavy atom. The van der Waals surface area contributed by atoms with Crippen molar-refractivity contribution in [2.75, 3.05) is 0 Å². The summed E-state index contributed by atoms with van der Waals surface area (Å²) in [4.78, 5) is 28.3. The highest BCUT2D eigenvalue weighted by molar-refractivity contribution is 7.15. The third-order valence-corrected chi connectivity index (χ3v) is 4.80. The van der Waals surface area contributed by atoms with Crippen LogP contribution in [0.4, 0.5) is 4.39 Å². The van der Waals surface area contributed by atoms with Crippen LogP contribution in [0.15, 0.2) is 40.2 Å². The second-order valence-corrected chi connectivity index (χ2v) is 6.53. The number of rotatable bonds is 3. The molecule has 6 nitrogen and oxygen atoms in total. The van der Waals surface area contributed by atoms with Gasteiger partial charge in [-0.25, -0.2) is 14.2 Å². The van der Waals surface area contributed by atoms with E-state index in [-0.39, 0.29) is 28.4 Å². The highest BCUT2D eigenvalue weighted by atomic mass is 35.5. The van der Waals surface area contributed by atoms with Crippen LogP contribution in [0, 0.1) is 5.82 Å². The monoisotopic (exact) mass is 367 g/mol. The number of aromatic hydroxyl groups is 1. The van der Waals surface area contributed by atoms with Gasteiger partial charge in [-0.2, -0.15) is 0 Å². The van der Waals surface area contributed by atoms with Crippen LogP contribution >= 0.6 is 22.9 Å². The topological polar surface area (TPSA) is 77.1 Å². The first-order valence-electron chi connectivity index (χ1n) is 6.76. The van der Waals surface area contributed by atoms with Gasteiger partial charge in [-0.3, -0.25) is 13.9 Å². The first-order valence-corrected chi connectivity index (χ1v) is 7.96. The van der Waals surface area contributed by atoms with Crippen molar-refractivity contribution in [3.63, 3.8) is 0 Å². The van der Waals surface area contributed by atoms with E-state index in [1.165, 1.54) is 47.5 Å². The van der Waals surface area contributed by atoms with Crippen molar-refractivity contribution >= 4 is 22.9 Å². The summed E-state index contributed by atoms with van der Waals surface area (Å²) in [6.45, 7) is 0.212. The zero-order valence-corrected chi connectivity index (χ0v) is 13.9. The summed E-state index contributed by atoms with van der Waals surface area (Å²) in [7, 11) is 1.40. The van der Waals surface area contributed by atoms with Crippen LogP contribution < -0.4 is 11.2 Å². The highest BCUT2D eigenvalue weighted by Crippen LogP contribution is 2.37. The smallest absolute Gasteiger partial charge is 0.331 e. The molecule has 0 atom stereocenters. The molecule has 2 aromatic heterocycles. The molecule has 0 radical (unpaired) electrons. The number of thiazole rings is 1. The van der Waals surface area contributed by atoms with Gasteiger partial charge in [0.05, 0.1) is 11.6 Å². The average molecular weight is 368 g/mol. The quantitative estimate of drug-likeness (QED) is 0.770. The van der Waals surface area contributed by atoms with E-state index in [4.69, 9.17) is 11.6 Å². The number of benzene rings is 1. The maximum absolute atomic E-state index is 13.5. The zero-order valence-electron chi connectivity index (χ0n) is 12.4. The SMILES string of the molecule is Cn1c(=O)ccn(Cc2cnc(-c3cc(F)cc(O)c3Cl)s2)c1=O. The van der Waals surface area contributed by atoms with Crippen molar-refractivity contribution in [1.82, 2.24) is 14.1 Å². The van der Waals surface area contributed by atoms with Crippen molar-refractivity contribution in [3.05, 3.63) is 67.1 Å². The third kappa shape index (κ3) is 2.98. The molecule has 0 spiro atoms. The Labute approximate surface area is 144 Å². The summed E-state index contributed by atoms with van der Waals surface area (Å²) in [6, 6.07) is 3.40. The molecule has 0 saturated carbocycles. The Hall–Kier alpha value is -2.45. The largest absolute Gasteiger partial charge is 0.506 e. The van der Waals surface area contributed by atoms with Gasteiger partial charge in [0.2, 0.25) is 0 Å². The van der Waals surface area contributed by atoms with E-state index in [2.05, 4.69) is 4.98 Å². The summed E-state index contributed by atoms with van der Waals surface area (Å²) in [5, 5.41) is 10.0. The molecule has 0 unspecified atom stereocenters. The van der Waals surface area contributed by atoms with Crippen LogP contribution in [-0.4, -0.2) is 19.2 Å². The molecule has 1 aromatic carbocycles. The van der Waals surface area contributed by atoms with Crippen LogP contribution in [0.2, 0.25) is 5.02 Å². The highest BCUT2D eigenvalue weighted by Gasteiger charge is 2.14. The average Bonchev–Trinajstić information content (AvgIpc) is 3.00. The molecule has 0 aliphatic carbocycles. The number of halogens is 2. The van der Waals surface area contributed by atoms with Crippen LogP contribution in [0.3, 0.4) is 0 Å². The first kappa shape index (κ1) is 16.4. The molecule has 124 valence electrons. The molecule has 2 heterocycles. The number of phenolic OH excluding ortho intramolecular Hbond substituents is 1. The van der Waals surface area contributed by atoms with Crippen LogP contribution in [0.5, 0.6) is 5.75 Å². The fraction of sp³-hybridized carbons (Fsp3) is 0.133. The number of nitrogens with zero attached hydrogens (tertiary/aromatic N) is 3. The number of aromatic nitrogens is 3. The molecule has 0 aliphatic heterocycles. The Morgan fingerprint density at radius 3 is 2.88 bits per heavy atom. The third-order valence-electron chi connectivity index (χ3n) is 3.39. The van der Waals surface area contributed by atoms with E-state index >= 15 is 0 Å². The molecule has 1 N–H and O–H groups in total. The Balaban J connectivity index is 1.97. The predicted molar refractivity (Wildman–Crippen MR) is 89.2 cm³/mol. The zero-order chi connectivity index (χ0) is 17.4. The molecule has 24 heavy (non-hydrogen) atoms. The molecule has 0 saturated heterocycles. The van der Waals surface area contributed by atoms with Crippen molar-refractivity contribution in [3.8, 4) is 16.3 Å². The Bertz CT molecular complexity index is 1040. The van der Waals surface area contributed by atoms with Gasteiger partial charge in [0.25, 0.3) is 5.56 Å². The number of phenols is 1. The van der Waals surface area contributed by atoms with Crippen molar-refractivity contribution in [2.24, 2.45) is 7.05 Å². The van der Waals surface area contributed by atoms with Crippen molar-refractivity contribution in [1.29, 1.82) is 0 Å². The normalized spacial score (nSPS) is 11.0. The Kier molecular flexibility index (Phi) is 4.25. The fourth-order valence-corrected chi connectivity index (χ4v) is 3.33. The van der Waals surface area contributed by atoms with Gasteiger partial charge in [0.15, 0.2) is 0 Å². The van der Waals surface area contributed by atoms with Crippen LogP contribution in [-0.2, 0) is 13.6 Å². The summed E-state index contributed by atoms with van der Waals surface area (Å²) in [5.41, 5.74) is -0.555. The molecule has 0 amide bonds. The van der Waals surface area contributed by atoms with Gasteiger partial charge in [0, 0.05) is 42.0 Å². The standard InChI is InChI=1S/C15H11ClFN3O3S/c1-19-12(22)2-3-20(15(19)23)7-9-6-18-14(24-9)10-4-8(17)5-11(21)13(10)16/h2-6,21H,7H2,1H3. The maximum atomic E-state index is 13.5. The molecular formula is C15H11ClFN3O3S. The van der Waals surface area contributed by atoms with E-state index < -0.39 is 11.5 Å². The summed E-state index contributed by atoms with van der Waals surface area (Å²) < 4.78 is 15.8. The van der Waals surface area contributed by atoms with Crippen LogP contribution in [0.1, 0.15) is 4.88 Å². The lowest BCUT2D eigenvalue weighted by Gasteiger charge is -2.05. The van der Waals surface area contributed by atoms with Gasteiger partial charge in [-0.05, 0) is 6.07 Å². The lowest BCUT2D eigenvalue weighted by atomic mass is 10.2. The molecule has 0 bridgehead atoms. The molecule has 3 rings (SSSR count). The molecule has 0 aliphatic rings. The minimum Gasteiger partial charge on any atom is -0.506 e. The minimum absolute atomic E-state index is 0.0107. The van der Waals surface area contributed by atoms with Crippen molar-refractivity contribution in [2.45, 2.75) is 6.54 Å². The molecular weight excluding hydrogens is 357 g/mol. The van der Waals surface area contributed by atoms with E-state index in [1.807, 2.05) is 0 Å². The summed E-state index contributed by atoms with van der Waals surface area (Å²) >= 11 is 7.20. The summed E-state index contributed by atoms with van der Waals surface area (Å²) in [5.74, 6) is -0.990.